The van der Waals surface area contributed by atoms with Crippen molar-refractivity contribution in [1.82, 2.24) is 4.98 Å². The molecule has 3 aromatic rings. The van der Waals surface area contributed by atoms with Crippen molar-refractivity contribution < 1.29 is 22.7 Å². The Morgan fingerprint density at radius 2 is 1.83 bits per heavy atom. The highest BCUT2D eigenvalue weighted by Crippen LogP contribution is 2.48. The Morgan fingerprint density at radius 3 is 2.50 bits per heavy atom. The van der Waals surface area contributed by atoms with Crippen molar-refractivity contribution in [2.75, 3.05) is 21.3 Å². The van der Waals surface area contributed by atoms with E-state index >= 15 is 0 Å². The Balaban J connectivity index is 1.42. The van der Waals surface area contributed by atoms with Gasteiger partial charge in [-0.15, -0.1) is 0 Å². The molecule has 2 aliphatic heterocycles. The largest absolute Gasteiger partial charge is 0.486 e. The molecule has 3 heterocycles. The van der Waals surface area contributed by atoms with Crippen LogP contribution in [0.4, 0.5) is 35.9 Å². The molecule has 1 unspecified atom stereocenters. The average Bonchev–Trinajstić information content (AvgIpc) is 3.33. The van der Waals surface area contributed by atoms with Gasteiger partial charge in [0.15, 0.2) is 6.29 Å². The van der Waals surface area contributed by atoms with Gasteiger partial charge in [0.05, 0.1) is 33.9 Å². The van der Waals surface area contributed by atoms with E-state index in [0.717, 1.165) is 46.1 Å². The van der Waals surface area contributed by atoms with E-state index in [-0.39, 0.29) is 12.0 Å². The van der Waals surface area contributed by atoms with Crippen molar-refractivity contribution in [3.05, 3.63) is 70.5 Å². The predicted octanol–water partition coefficient (Wildman–Crippen LogP) is 5.92. The third kappa shape index (κ3) is 4.50. The van der Waals surface area contributed by atoms with Crippen LogP contribution >= 0.6 is 0 Å². The number of rotatable bonds is 4. The molecular formula is C26H26F3N5O2. The van der Waals surface area contributed by atoms with Gasteiger partial charge in [-0.1, -0.05) is 0 Å². The van der Waals surface area contributed by atoms with E-state index in [4.69, 9.17) is 4.74 Å². The zero-order valence-corrected chi connectivity index (χ0v) is 20.2. The van der Waals surface area contributed by atoms with Gasteiger partial charge in [0.1, 0.15) is 11.4 Å². The lowest BCUT2D eigenvalue weighted by Crippen LogP contribution is -2.32. The Hall–Kier alpha value is -3.95. The topological polar surface area (TPSA) is 87.3 Å². The number of ether oxygens (including phenoxy) is 1. The monoisotopic (exact) mass is 497 g/mol. The number of carbonyl (C=O) groups is 1. The fraction of sp³-hybridized carbons (Fsp3) is 0.308. The van der Waals surface area contributed by atoms with E-state index in [1.165, 1.54) is 12.1 Å². The number of nitrogens with one attached hydrogen (secondary N) is 4. The second kappa shape index (κ2) is 8.32. The predicted molar refractivity (Wildman–Crippen MR) is 133 cm³/mol. The third-order valence-corrected chi connectivity index (χ3v) is 6.19. The first kappa shape index (κ1) is 23.8. The fourth-order valence-corrected chi connectivity index (χ4v) is 4.54. The minimum absolute atomic E-state index is 0.257. The highest BCUT2D eigenvalue weighted by molar-refractivity contribution is 6.08. The lowest BCUT2D eigenvalue weighted by Gasteiger charge is -2.18. The zero-order valence-electron chi connectivity index (χ0n) is 20.2. The second-order valence-corrected chi connectivity index (χ2v) is 9.67. The molecule has 0 radical (unpaired) electrons. The van der Waals surface area contributed by atoms with Crippen LogP contribution in [0.25, 0.3) is 0 Å². The molecule has 188 valence electrons. The van der Waals surface area contributed by atoms with Crippen LogP contribution in [0.15, 0.2) is 42.5 Å². The van der Waals surface area contributed by atoms with Crippen LogP contribution in [0, 0.1) is 13.8 Å². The van der Waals surface area contributed by atoms with E-state index in [1.807, 2.05) is 39.8 Å². The lowest BCUT2D eigenvalue weighted by atomic mass is 9.97. The van der Waals surface area contributed by atoms with Crippen LogP contribution in [0.5, 0.6) is 5.75 Å². The van der Waals surface area contributed by atoms with Crippen molar-refractivity contribution in [2.24, 2.45) is 0 Å². The van der Waals surface area contributed by atoms with Crippen molar-refractivity contribution >= 4 is 28.7 Å². The maximum Gasteiger partial charge on any atom is 0.416 e. The summed E-state index contributed by atoms with van der Waals surface area (Å²) in [6.07, 6.45) is -4.21. The number of aryl methyl sites for hydroxylation is 2. The molecule has 0 aliphatic carbocycles. The van der Waals surface area contributed by atoms with Crippen molar-refractivity contribution in [3.63, 3.8) is 0 Å². The van der Waals surface area contributed by atoms with Gasteiger partial charge in [0.2, 0.25) is 0 Å². The molecule has 2 aliphatic rings. The molecule has 5 rings (SSSR count). The second-order valence-electron chi connectivity index (χ2n) is 9.67. The number of pyridine rings is 1. The standard InChI is InChI=1S/C26H26F3N5O2/c1-13-5-10-19(14(2)30-13)32-24-33-20-11-17(22-18(21(20)34-24)12-25(3,4)36-22)23(35)31-16-8-6-15(7-9-16)26(27,28)29/h5-11,24,32-34H,12H2,1-4H3,(H,31,35). The minimum atomic E-state index is -4.45. The number of hydrogen-bond acceptors (Lipinski definition) is 6. The van der Waals surface area contributed by atoms with E-state index in [0.29, 0.717) is 17.7 Å². The number of nitrogens with zero attached hydrogens (tertiary/aromatic N) is 1. The van der Waals surface area contributed by atoms with E-state index in [1.54, 1.807) is 6.07 Å². The lowest BCUT2D eigenvalue weighted by molar-refractivity contribution is -0.137. The summed E-state index contributed by atoms with van der Waals surface area (Å²) in [5.41, 5.74) is 4.35. The summed E-state index contributed by atoms with van der Waals surface area (Å²) in [5, 5.41) is 12.9. The van der Waals surface area contributed by atoms with E-state index in [9.17, 15) is 18.0 Å². The van der Waals surface area contributed by atoms with Gasteiger partial charge in [-0.25, -0.2) is 0 Å². The average molecular weight is 498 g/mol. The highest BCUT2D eigenvalue weighted by atomic mass is 19.4. The Morgan fingerprint density at radius 1 is 1.11 bits per heavy atom. The first-order valence-electron chi connectivity index (χ1n) is 11.5. The van der Waals surface area contributed by atoms with Crippen molar-refractivity contribution in [3.8, 4) is 5.75 Å². The molecule has 36 heavy (non-hydrogen) atoms. The number of benzene rings is 2. The molecule has 7 nitrogen and oxygen atoms in total. The molecule has 0 saturated heterocycles. The van der Waals surface area contributed by atoms with Crippen LogP contribution in [-0.4, -0.2) is 22.8 Å². The quantitative estimate of drug-likeness (QED) is 0.358. The summed E-state index contributed by atoms with van der Waals surface area (Å²) >= 11 is 0. The van der Waals surface area contributed by atoms with Crippen LogP contribution in [0.2, 0.25) is 0 Å². The van der Waals surface area contributed by atoms with Gasteiger partial charge in [0, 0.05) is 23.4 Å². The minimum Gasteiger partial charge on any atom is -0.486 e. The van der Waals surface area contributed by atoms with Crippen molar-refractivity contribution in [2.45, 2.75) is 52.2 Å². The molecule has 0 saturated carbocycles. The van der Waals surface area contributed by atoms with Gasteiger partial charge in [-0.05, 0) is 70.2 Å². The number of anilines is 4. The van der Waals surface area contributed by atoms with Crippen LogP contribution in [0.3, 0.4) is 0 Å². The normalized spacial score (nSPS) is 17.4. The highest BCUT2D eigenvalue weighted by Gasteiger charge is 2.39. The first-order chi connectivity index (χ1) is 16.9. The molecule has 0 spiro atoms. The number of hydrogen-bond donors (Lipinski definition) is 4. The van der Waals surface area contributed by atoms with Gasteiger partial charge in [-0.2, -0.15) is 13.2 Å². The summed E-state index contributed by atoms with van der Waals surface area (Å²) in [6, 6.07) is 9.92. The van der Waals surface area contributed by atoms with E-state index in [2.05, 4.69) is 26.3 Å². The Labute approximate surface area is 206 Å². The molecule has 0 fully saturated rings. The number of alkyl halides is 3. The van der Waals surface area contributed by atoms with Crippen molar-refractivity contribution in [1.29, 1.82) is 0 Å². The maximum absolute atomic E-state index is 13.2. The summed E-state index contributed by atoms with van der Waals surface area (Å²) < 4.78 is 44.8. The summed E-state index contributed by atoms with van der Waals surface area (Å²) in [6.45, 7) is 7.74. The fourth-order valence-electron chi connectivity index (χ4n) is 4.54. The van der Waals surface area contributed by atoms with E-state index < -0.39 is 23.2 Å². The summed E-state index contributed by atoms with van der Waals surface area (Å²) in [4.78, 5) is 17.7. The van der Waals surface area contributed by atoms with Crippen LogP contribution in [-0.2, 0) is 12.6 Å². The number of fused-ring (bicyclic) bond motifs is 3. The maximum atomic E-state index is 13.2. The first-order valence-corrected chi connectivity index (χ1v) is 11.5. The van der Waals surface area contributed by atoms with Gasteiger partial charge in [-0.3, -0.25) is 9.78 Å². The molecule has 10 heteroatoms. The van der Waals surface area contributed by atoms with Gasteiger partial charge < -0.3 is 26.0 Å². The smallest absolute Gasteiger partial charge is 0.416 e. The molecular weight excluding hydrogens is 471 g/mol. The van der Waals surface area contributed by atoms with Gasteiger partial charge >= 0.3 is 6.18 Å². The zero-order chi connectivity index (χ0) is 25.8. The number of halogens is 3. The SMILES string of the molecule is Cc1ccc(NC2Nc3cc(C(=O)Nc4ccc(C(F)(F)F)cc4)c4c(c3N2)CC(C)(C)O4)c(C)n1. The molecule has 0 bridgehead atoms. The Kier molecular flexibility index (Phi) is 5.50. The summed E-state index contributed by atoms with van der Waals surface area (Å²) in [5.74, 6) is -0.00501. The van der Waals surface area contributed by atoms with Gasteiger partial charge in [0.25, 0.3) is 5.91 Å². The molecule has 2 aromatic carbocycles. The summed E-state index contributed by atoms with van der Waals surface area (Å²) in [7, 11) is 0. The molecule has 1 amide bonds. The Bertz CT molecular complexity index is 1350. The number of aromatic nitrogens is 1. The van der Waals surface area contributed by atoms with Crippen LogP contribution in [0.1, 0.15) is 46.7 Å². The number of carbonyl (C=O) groups excluding carboxylic acids is 1. The molecule has 4 N–H and O–H groups in total. The molecule has 1 atom stereocenters. The third-order valence-electron chi connectivity index (χ3n) is 6.19. The molecule has 1 aromatic heterocycles. The number of amides is 1. The van der Waals surface area contributed by atoms with Crippen LogP contribution < -0.4 is 26.0 Å².